The SMILES string of the molecule is CCCCCC(=O)OCOC(=O)CCCCC(=O)O. The molecular formula is C13H22O6. The zero-order valence-corrected chi connectivity index (χ0v) is 11.4. The highest BCUT2D eigenvalue weighted by Crippen LogP contribution is 2.03. The van der Waals surface area contributed by atoms with Gasteiger partial charge in [0, 0.05) is 19.3 Å². The summed E-state index contributed by atoms with van der Waals surface area (Å²) < 4.78 is 9.42. The quantitative estimate of drug-likeness (QED) is 0.353. The average molecular weight is 274 g/mol. The van der Waals surface area contributed by atoms with Crippen LogP contribution in [0.3, 0.4) is 0 Å². The van der Waals surface area contributed by atoms with Crippen molar-refractivity contribution in [1.29, 1.82) is 0 Å². The predicted molar refractivity (Wildman–Crippen MR) is 67.3 cm³/mol. The van der Waals surface area contributed by atoms with E-state index >= 15 is 0 Å². The fourth-order valence-corrected chi connectivity index (χ4v) is 1.37. The lowest BCUT2D eigenvalue weighted by atomic mass is 10.2. The first-order valence-corrected chi connectivity index (χ1v) is 6.59. The molecule has 0 aliphatic carbocycles. The van der Waals surface area contributed by atoms with Crippen LogP contribution in [0.15, 0.2) is 0 Å². The van der Waals surface area contributed by atoms with Gasteiger partial charge in [0.25, 0.3) is 0 Å². The van der Waals surface area contributed by atoms with E-state index in [4.69, 9.17) is 14.6 Å². The molecule has 0 saturated heterocycles. The first kappa shape index (κ1) is 17.4. The van der Waals surface area contributed by atoms with Gasteiger partial charge in [0.05, 0.1) is 0 Å². The fraction of sp³-hybridized carbons (Fsp3) is 0.769. The lowest BCUT2D eigenvalue weighted by Crippen LogP contribution is -2.12. The van der Waals surface area contributed by atoms with Crippen molar-refractivity contribution in [3.8, 4) is 0 Å². The van der Waals surface area contributed by atoms with Gasteiger partial charge < -0.3 is 14.6 Å². The zero-order valence-electron chi connectivity index (χ0n) is 11.4. The number of hydrogen-bond donors (Lipinski definition) is 1. The van der Waals surface area contributed by atoms with Gasteiger partial charge in [-0.15, -0.1) is 0 Å². The lowest BCUT2D eigenvalue weighted by molar-refractivity contribution is -0.167. The van der Waals surface area contributed by atoms with Crippen LogP contribution in [0.5, 0.6) is 0 Å². The average Bonchev–Trinajstić information content (AvgIpc) is 2.35. The Bertz CT molecular complexity index is 287. The van der Waals surface area contributed by atoms with E-state index in [0.29, 0.717) is 19.3 Å². The fourth-order valence-electron chi connectivity index (χ4n) is 1.37. The van der Waals surface area contributed by atoms with Crippen LogP contribution in [0.25, 0.3) is 0 Å². The molecule has 0 bridgehead atoms. The van der Waals surface area contributed by atoms with Gasteiger partial charge in [0.15, 0.2) is 0 Å². The van der Waals surface area contributed by atoms with Crippen molar-refractivity contribution in [2.75, 3.05) is 6.79 Å². The van der Waals surface area contributed by atoms with Crippen LogP contribution in [0.4, 0.5) is 0 Å². The molecule has 0 heterocycles. The van der Waals surface area contributed by atoms with E-state index in [0.717, 1.165) is 19.3 Å². The maximum Gasteiger partial charge on any atom is 0.308 e. The Morgan fingerprint density at radius 3 is 1.79 bits per heavy atom. The van der Waals surface area contributed by atoms with Gasteiger partial charge in [-0.05, 0) is 19.3 Å². The normalized spacial score (nSPS) is 9.95. The summed E-state index contributed by atoms with van der Waals surface area (Å²) in [6, 6.07) is 0. The van der Waals surface area contributed by atoms with Gasteiger partial charge in [0.1, 0.15) is 0 Å². The van der Waals surface area contributed by atoms with E-state index in [1.54, 1.807) is 0 Å². The van der Waals surface area contributed by atoms with Crippen molar-refractivity contribution in [1.82, 2.24) is 0 Å². The molecule has 0 rings (SSSR count). The summed E-state index contributed by atoms with van der Waals surface area (Å²) >= 11 is 0. The molecule has 0 radical (unpaired) electrons. The lowest BCUT2D eigenvalue weighted by Gasteiger charge is -2.06. The van der Waals surface area contributed by atoms with E-state index in [9.17, 15) is 14.4 Å². The van der Waals surface area contributed by atoms with Crippen LogP contribution in [-0.2, 0) is 23.9 Å². The zero-order chi connectivity index (χ0) is 14.5. The number of carboxylic acid groups (broad SMARTS) is 1. The molecule has 6 nitrogen and oxygen atoms in total. The van der Waals surface area contributed by atoms with Crippen LogP contribution >= 0.6 is 0 Å². The van der Waals surface area contributed by atoms with E-state index in [1.165, 1.54) is 0 Å². The Balaban J connectivity index is 3.42. The molecule has 6 heteroatoms. The van der Waals surface area contributed by atoms with Crippen molar-refractivity contribution in [2.24, 2.45) is 0 Å². The number of carbonyl (C=O) groups excluding carboxylic acids is 2. The standard InChI is InChI=1S/C13H22O6/c1-2-3-4-8-12(16)18-10-19-13(17)9-6-5-7-11(14)15/h2-10H2,1H3,(H,14,15). The summed E-state index contributed by atoms with van der Waals surface area (Å²) in [5, 5.41) is 8.40. The molecule has 110 valence electrons. The van der Waals surface area contributed by atoms with E-state index in [-0.39, 0.29) is 25.6 Å². The third kappa shape index (κ3) is 12.7. The molecular weight excluding hydrogens is 252 g/mol. The molecule has 0 aromatic heterocycles. The Kier molecular flexibility index (Phi) is 10.5. The molecule has 0 atom stereocenters. The van der Waals surface area contributed by atoms with Crippen LogP contribution in [0.2, 0.25) is 0 Å². The second-order valence-electron chi connectivity index (χ2n) is 4.21. The largest absolute Gasteiger partial charge is 0.481 e. The van der Waals surface area contributed by atoms with E-state index in [2.05, 4.69) is 0 Å². The summed E-state index contributed by atoms with van der Waals surface area (Å²) in [4.78, 5) is 32.5. The highest BCUT2D eigenvalue weighted by molar-refractivity contribution is 5.71. The molecule has 0 aliphatic heterocycles. The topological polar surface area (TPSA) is 89.9 Å². The van der Waals surface area contributed by atoms with Gasteiger partial charge in [0.2, 0.25) is 6.79 Å². The molecule has 0 fully saturated rings. The minimum atomic E-state index is -0.880. The Hall–Kier alpha value is -1.59. The number of ether oxygens (including phenoxy) is 2. The smallest absolute Gasteiger partial charge is 0.308 e. The van der Waals surface area contributed by atoms with Gasteiger partial charge in [-0.3, -0.25) is 14.4 Å². The van der Waals surface area contributed by atoms with Gasteiger partial charge in [-0.2, -0.15) is 0 Å². The summed E-state index contributed by atoms with van der Waals surface area (Å²) in [6.07, 6.45) is 4.18. The van der Waals surface area contributed by atoms with E-state index in [1.807, 2.05) is 6.92 Å². The van der Waals surface area contributed by atoms with Gasteiger partial charge in [-0.25, -0.2) is 0 Å². The molecule has 1 N–H and O–H groups in total. The number of unbranched alkanes of at least 4 members (excludes halogenated alkanes) is 3. The van der Waals surface area contributed by atoms with Crippen molar-refractivity contribution < 1.29 is 29.0 Å². The number of rotatable bonds is 11. The molecule has 0 unspecified atom stereocenters. The Morgan fingerprint density at radius 1 is 0.842 bits per heavy atom. The minimum absolute atomic E-state index is 0.0414. The number of aliphatic carboxylic acids is 1. The third-order valence-electron chi connectivity index (χ3n) is 2.45. The minimum Gasteiger partial charge on any atom is -0.481 e. The first-order chi connectivity index (χ1) is 9.06. The number of carboxylic acids is 1. The van der Waals surface area contributed by atoms with E-state index < -0.39 is 11.9 Å². The second kappa shape index (κ2) is 11.5. The van der Waals surface area contributed by atoms with Crippen molar-refractivity contribution >= 4 is 17.9 Å². The maximum atomic E-state index is 11.2. The van der Waals surface area contributed by atoms with Gasteiger partial charge in [-0.1, -0.05) is 19.8 Å². The molecule has 0 saturated carbocycles. The molecule has 0 aromatic rings. The predicted octanol–water partition coefficient (Wildman–Crippen LogP) is 2.26. The molecule has 0 aromatic carbocycles. The first-order valence-electron chi connectivity index (χ1n) is 6.59. The van der Waals surface area contributed by atoms with Crippen molar-refractivity contribution in [2.45, 2.75) is 58.3 Å². The van der Waals surface area contributed by atoms with Crippen molar-refractivity contribution in [3.05, 3.63) is 0 Å². The molecule has 0 amide bonds. The third-order valence-corrected chi connectivity index (χ3v) is 2.45. The Labute approximate surface area is 113 Å². The van der Waals surface area contributed by atoms with Crippen LogP contribution in [0.1, 0.15) is 58.3 Å². The summed E-state index contributed by atoms with van der Waals surface area (Å²) in [6.45, 7) is 1.68. The Morgan fingerprint density at radius 2 is 1.32 bits per heavy atom. The second-order valence-corrected chi connectivity index (χ2v) is 4.21. The summed E-state index contributed by atoms with van der Waals surface area (Å²) in [5.74, 6) is -1.73. The number of hydrogen-bond acceptors (Lipinski definition) is 5. The molecule has 0 spiro atoms. The van der Waals surface area contributed by atoms with Crippen molar-refractivity contribution in [3.63, 3.8) is 0 Å². The monoisotopic (exact) mass is 274 g/mol. The van der Waals surface area contributed by atoms with Crippen LogP contribution < -0.4 is 0 Å². The molecule has 0 aliphatic rings. The highest BCUT2D eigenvalue weighted by Gasteiger charge is 2.06. The van der Waals surface area contributed by atoms with Crippen LogP contribution in [0, 0.1) is 0 Å². The highest BCUT2D eigenvalue weighted by atomic mass is 16.7. The maximum absolute atomic E-state index is 11.2. The summed E-state index contributed by atoms with van der Waals surface area (Å²) in [5.41, 5.74) is 0. The number of esters is 2. The van der Waals surface area contributed by atoms with Gasteiger partial charge >= 0.3 is 17.9 Å². The molecule has 19 heavy (non-hydrogen) atoms. The number of carbonyl (C=O) groups is 3. The summed E-state index contributed by atoms with van der Waals surface area (Å²) in [7, 11) is 0. The van der Waals surface area contributed by atoms with Crippen LogP contribution in [-0.4, -0.2) is 29.8 Å².